The van der Waals surface area contributed by atoms with Crippen molar-refractivity contribution in [1.82, 2.24) is 15.5 Å². The Balaban J connectivity index is 2.01. The largest absolute Gasteiger partial charge is 0.471 e. The Labute approximate surface area is 156 Å². The maximum atomic E-state index is 12.5. The van der Waals surface area contributed by atoms with Crippen molar-refractivity contribution < 1.29 is 27.2 Å². The van der Waals surface area contributed by atoms with Crippen LogP contribution in [0.4, 0.5) is 13.2 Å². The van der Waals surface area contributed by atoms with Crippen molar-refractivity contribution in [2.75, 3.05) is 6.61 Å². The smallest absolute Gasteiger partial charge is 0.367 e. The number of nitrogens with zero attached hydrogens (tertiary/aromatic N) is 2. The lowest BCUT2D eigenvalue weighted by atomic mass is 10.1. The number of amidine groups is 1. The maximum Gasteiger partial charge on any atom is 0.471 e. The molecule has 2 aromatic rings. The summed E-state index contributed by atoms with van der Waals surface area (Å²) in [5.41, 5.74) is 1.71. The summed E-state index contributed by atoms with van der Waals surface area (Å²) >= 11 is 5.36. The zero-order valence-electron chi connectivity index (χ0n) is 13.9. The van der Waals surface area contributed by atoms with Gasteiger partial charge in [0.15, 0.2) is 0 Å². The molecule has 0 radical (unpaired) electrons. The second-order valence-corrected chi connectivity index (χ2v) is 5.46. The Bertz CT molecular complexity index is 834. The molecule has 0 spiro atoms. The molecule has 144 valence electrons. The molecule has 1 atom stereocenters. The molecule has 0 saturated carbocycles. The normalized spacial score (nSPS) is 12.9. The van der Waals surface area contributed by atoms with Gasteiger partial charge in [-0.3, -0.25) is 10.2 Å². The zero-order chi connectivity index (χ0) is 20.0. The van der Waals surface area contributed by atoms with Gasteiger partial charge in [0, 0.05) is 16.7 Å². The Hall–Kier alpha value is -2.72. The maximum absolute atomic E-state index is 12.5. The number of carbonyl (C=O) groups excluding carboxylic acids is 1. The van der Waals surface area contributed by atoms with Gasteiger partial charge in [-0.2, -0.15) is 18.2 Å². The van der Waals surface area contributed by atoms with Gasteiger partial charge in [0.1, 0.15) is 11.9 Å². The first-order valence-corrected chi connectivity index (χ1v) is 7.94. The van der Waals surface area contributed by atoms with Crippen LogP contribution in [0.15, 0.2) is 40.4 Å². The number of aromatic nitrogens is 2. The predicted molar refractivity (Wildman–Crippen MR) is 90.3 cm³/mol. The van der Waals surface area contributed by atoms with Gasteiger partial charge in [-0.1, -0.05) is 28.9 Å². The van der Waals surface area contributed by atoms with Crippen LogP contribution in [0, 0.1) is 5.41 Å². The van der Waals surface area contributed by atoms with Gasteiger partial charge in [0.25, 0.3) is 5.91 Å². The van der Waals surface area contributed by atoms with Gasteiger partial charge >= 0.3 is 12.1 Å². The molecule has 0 aliphatic heterocycles. The van der Waals surface area contributed by atoms with Crippen LogP contribution in [0.2, 0.25) is 0 Å². The molecule has 27 heavy (non-hydrogen) atoms. The molecule has 1 amide bonds. The second kappa shape index (κ2) is 8.78. The number of hydrogen-bond acceptors (Lipinski definition) is 6. The van der Waals surface area contributed by atoms with E-state index in [2.05, 4.69) is 20.0 Å². The third kappa shape index (κ3) is 5.63. The van der Waals surface area contributed by atoms with Crippen LogP contribution in [0.1, 0.15) is 23.2 Å². The van der Waals surface area contributed by atoms with Crippen LogP contribution >= 0.6 is 11.6 Å². The summed E-state index contributed by atoms with van der Waals surface area (Å²) in [6, 6.07) is 5.47. The van der Waals surface area contributed by atoms with E-state index in [0.29, 0.717) is 0 Å². The fourth-order valence-corrected chi connectivity index (χ4v) is 1.91. The highest BCUT2D eigenvalue weighted by Crippen LogP contribution is 2.29. The number of amides is 1. The number of benzene rings is 1. The van der Waals surface area contributed by atoms with Crippen LogP contribution < -0.4 is 5.32 Å². The van der Waals surface area contributed by atoms with Crippen molar-refractivity contribution in [1.29, 1.82) is 5.41 Å². The molecule has 0 saturated heterocycles. The fourth-order valence-electron chi connectivity index (χ4n) is 1.84. The van der Waals surface area contributed by atoms with E-state index in [9.17, 15) is 18.0 Å². The number of ether oxygens (including phenoxy) is 1. The molecule has 1 heterocycles. The average molecular weight is 403 g/mol. The van der Waals surface area contributed by atoms with Gasteiger partial charge in [0.05, 0.1) is 6.61 Å². The highest BCUT2D eigenvalue weighted by atomic mass is 35.5. The Morgan fingerprint density at radius 3 is 2.63 bits per heavy atom. The summed E-state index contributed by atoms with van der Waals surface area (Å²) < 4.78 is 46.9. The highest BCUT2D eigenvalue weighted by Gasteiger charge is 2.38. The lowest BCUT2D eigenvalue weighted by molar-refractivity contribution is -0.159. The number of halogens is 4. The van der Waals surface area contributed by atoms with Crippen molar-refractivity contribution >= 4 is 23.3 Å². The van der Waals surface area contributed by atoms with Crippen LogP contribution in [0.25, 0.3) is 11.4 Å². The number of hydrogen-bond donors (Lipinski definition) is 2. The molecular formula is C16H14ClF3N4O3. The van der Waals surface area contributed by atoms with Gasteiger partial charge in [-0.25, -0.2) is 0 Å². The van der Waals surface area contributed by atoms with Crippen molar-refractivity contribution in [2.45, 2.75) is 19.2 Å². The SMILES string of the molecule is CC(OC/C=C\Cl)C(=N)NC(=O)c1ccc(-c2noc(C(F)(F)F)n2)cc1. The van der Waals surface area contributed by atoms with E-state index in [1.807, 2.05) is 0 Å². The Morgan fingerprint density at radius 2 is 2.07 bits per heavy atom. The number of nitrogens with one attached hydrogen (secondary N) is 2. The van der Waals surface area contributed by atoms with Crippen molar-refractivity contribution in [3.8, 4) is 11.4 Å². The minimum atomic E-state index is -4.73. The molecule has 1 unspecified atom stereocenters. The molecule has 11 heteroatoms. The van der Waals surface area contributed by atoms with Gasteiger partial charge < -0.3 is 14.6 Å². The molecule has 0 bridgehead atoms. The lowest BCUT2D eigenvalue weighted by Crippen LogP contribution is -2.38. The van der Waals surface area contributed by atoms with Gasteiger partial charge in [-0.15, -0.1) is 0 Å². The van der Waals surface area contributed by atoms with Crippen molar-refractivity contribution in [3.05, 3.63) is 47.3 Å². The molecule has 0 aliphatic rings. The third-order valence-corrected chi connectivity index (χ3v) is 3.44. The first kappa shape index (κ1) is 20.6. The summed E-state index contributed by atoms with van der Waals surface area (Å²) in [4.78, 5) is 15.4. The number of rotatable bonds is 6. The zero-order valence-corrected chi connectivity index (χ0v) is 14.6. The van der Waals surface area contributed by atoms with Crippen LogP contribution in [0.5, 0.6) is 0 Å². The van der Waals surface area contributed by atoms with E-state index < -0.39 is 24.1 Å². The van der Waals surface area contributed by atoms with Gasteiger partial charge in [-0.05, 0) is 25.1 Å². The van der Waals surface area contributed by atoms with E-state index in [1.54, 1.807) is 6.92 Å². The fraction of sp³-hybridized carbons (Fsp3) is 0.250. The monoisotopic (exact) mass is 402 g/mol. The number of carbonyl (C=O) groups is 1. The summed E-state index contributed by atoms with van der Waals surface area (Å²) in [7, 11) is 0. The quantitative estimate of drug-likeness (QED) is 0.567. The highest BCUT2D eigenvalue weighted by molar-refractivity contribution is 6.25. The van der Waals surface area contributed by atoms with Crippen LogP contribution in [-0.2, 0) is 10.9 Å². The van der Waals surface area contributed by atoms with E-state index in [0.717, 1.165) is 0 Å². The molecule has 0 fully saturated rings. The summed E-state index contributed by atoms with van der Waals surface area (Å²) in [5.74, 6) is -2.43. The van der Waals surface area contributed by atoms with Crippen LogP contribution in [-0.4, -0.2) is 34.6 Å². The molecule has 7 nitrogen and oxygen atoms in total. The average Bonchev–Trinajstić information content (AvgIpc) is 3.12. The first-order valence-electron chi connectivity index (χ1n) is 7.50. The van der Waals surface area contributed by atoms with E-state index >= 15 is 0 Å². The van der Waals surface area contributed by atoms with E-state index in [4.69, 9.17) is 21.7 Å². The Morgan fingerprint density at radius 1 is 1.41 bits per heavy atom. The van der Waals surface area contributed by atoms with E-state index in [-0.39, 0.29) is 29.4 Å². The second-order valence-electron chi connectivity index (χ2n) is 5.20. The van der Waals surface area contributed by atoms with Gasteiger partial charge in [0.2, 0.25) is 5.82 Å². The third-order valence-electron chi connectivity index (χ3n) is 3.26. The first-order chi connectivity index (χ1) is 12.7. The molecule has 2 N–H and O–H groups in total. The molecule has 0 aliphatic carbocycles. The summed E-state index contributed by atoms with van der Waals surface area (Å²) in [5, 5.41) is 13.4. The van der Waals surface area contributed by atoms with E-state index in [1.165, 1.54) is 35.9 Å². The predicted octanol–water partition coefficient (Wildman–Crippen LogP) is 3.62. The molecule has 2 rings (SSSR count). The Kier molecular flexibility index (Phi) is 6.70. The standard InChI is InChI=1S/C16H14ClF3N4O3/c1-9(26-8-2-7-17)12(21)22-14(25)11-5-3-10(4-6-11)13-23-15(27-24-13)16(18,19)20/h2-7,9H,8H2,1H3,(H2,21,22,25)/b7-2-. The minimum Gasteiger partial charge on any atom is -0.367 e. The van der Waals surface area contributed by atoms with Crippen molar-refractivity contribution in [2.24, 2.45) is 0 Å². The molecular weight excluding hydrogens is 389 g/mol. The van der Waals surface area contributed by atoms with Crippen molar-refractivity contribution in [3.63, 3.8) is 0 Å². The topological polar surface area (TPSA) is 101 Å². The number of alkyl halides is 3. The molecule has 1 aromatic carbocycles. The lowest BCUT2D eigenvalue weighted by Gasteiger charge is -2.14. The summed E-state index contributed by atoms with van der Waals surface area (Å²) in [6.45, 7) is 1.77. The summed E-state index contributed by atoms with van der Waals surface area (Å²) in [6.07, 6.45) is -3.86. The molecule has 1 aromatic heterocycles. The van der Waals surface area contributed by atoms with Crippen LogP contribution in [0.3, 0.4) is 0 Å². The minimum absolute atomic E-state index is 0.153.